The van der Waals surface area contributed by atoms with E-state index in [-0.39, 0.29) is 17.5 Å². The molecule has 0 saturated carbocycles. The average Bonchev–Trinajstić information content (AvgIpc) is 2.87. The average molecular weight is 530 g/mol. The Labute approximate surface area is 217 Å². The van der Waals surface area contributed by atoms with Crippen molar-refractivity contribution in [2.45, 2.75) is 12.8 Å². The molecule has 0 unspecified atom stereocenters. The number of hydrogen-bond donors (Lipinski definition) is 3. The lowest BCUT2D eigenvalue weighted by molar-refractivity contribution is -0.112. The molecule has 1 saturated heterocycles. The Morgan fingerprint density at radius 3 is 2.68 bits per heavy atom. The van der Waals surface area contributed by atoms with Crippen molar-refractivity contribution < 1.29 is 28.6 Å². The molecule has 0 bridgehead atoms. The van der Waals surface area contributed by atoms with Crippen molar-refractivity contribution in [1.82, 2.24) is 14.9 Å². The number of nitrogens with zero attached hydrogens (tertiary/aromatic N) is 3. The van der Waals surface area contributed by atoms with Gasteiger partial charge in [-0.05, 0) is 37.1 Å². The van der Waals surface area contributed by atoms with Gasteiger partial charge in [0.25, 0.3) is 0 Å². The molecule has 0 atom stereocenters. The van der Waals surface area contributed by atoms with Gasteiger partial charge in [0.15, 0.2) is 0 Å². The van der Waals surface area contributed by atoms with Crippen LogP contribution in [0.5, 0.6) is 5.75 Å². The molecule has 0 spiro atoms. The summed E-state index contributed by atoms with van der Waals surface area (Å²) in [7, 11) is 1.56. The number of ether oxygens (including phenoxy) is 2. The fraction of sp³-hybridized carbons (Fsp3) is 0.280. The summed E-state index contributed by atoms with van der Waals surface area (Å²) in [6.07, 6.45) is 2.87. The largest absolute Gasteiger partial charge is 0.489 e. The Bertz CT molecular complexity index is 1340. The number of carbonyl (C=O) groups excluding carboxylic acids is 1. The van der Waals surface area contributed by atoms with Crippen LogP contribution in [0.4, 0.5) is 26.4 Å². The third-order valence-electron chi connectivity index (χ3n) is 5.73. The zero-order valence-electron chi connectivity index (χ0n) is 20.0. The normalized spacial score (nSPS) is 13.4. The van der Waals surface area contributed by atoms with Gasteiger partial charge >= 0.3 is 6.09 Å². The Hall–Kier alpha value is -3.96. The standard InChI is InChI=1S/C25H25ClFN5O5/c1-36-8-9-37-22-13-20-17(24(29-14-28-20)30-16-2-3-19(27)18(26)11-16)12-21(22)31-23(33)10-15-4-6-32(7-5-15)25(34)35/h2-3,10-14H,4-9H2,1H3,(H,31,33)(H,34,35)(H,28,29,30). The molecular formula is C25H25ClFN5O5. The van der Waals surface area contributed by atoms with Gasteiger partial charge in [0.2, 0.25) is 5.91 Å². The molecule has 1 aromatic heterocycles. The van der Waals surface area contributed by atoms with Gasteiger partial charge in [0, 0.05) is 43.4 Å². The SMILES string of the molecule is COCCOc1cc2ncnc(Nc3ccc(F)c(Cl)c3)c2cc1NC(=O)C=C1CCN(C(=O)O)CC1. The first-order valence-electron chi connectivity index (χ1n) is 11.4. The first-order chi connectivity index (χ1) is 17.8. The number of hydrogen-bond acceptors (Lipinski definition) is 7. The highest BCUT2D eigenvalue weighted by Crippen LogP contribution is 2.34. The van der Waals surface area contributed by atoms with Crippen LogP contribution in [-0.4, -0.2) is 65.4 Å². The van der Waals surface area contributed by atoms with Crippen molar-refractivity contribution in [2.75, 3.05) is 44.0 Å². The molecule has 1 aliphatic heterocycles. The summed E-state index contributed by atoms with van der Waals surface area (Å²) in [5.74, 6) is -0.0887. The molecule has 10 nitrogen and oxygen atoms in total. The Balaban J connectivity index is 1.62. The summed E-state index contributed by atoms with van der Waals surface area (Å²) < 4.78 is 24.5. The summed E-state index contributed by atoms with van der Waals surface area (Å²) in [5, 5.41) is 15.6. The van der Waals surface area contributed by atoms with E-state index in [1.54, 1.807) is 19.2 Å². The van der Waals surface area contributed by atoms with Gasteiger partial charge in [-0.2, -0.15) is 0 Å². The van der Waals surface area contributed by atoms with Crippen molar-refractivity contribution in [3.8, 4) is 5.75 Å². The number of rotatable bonds is 8. The molecule has 1 fully saturated rings. The molecular weight excluding hydrogens is 505 g/mol. The van der Waals surface area contributed by atoms with Gasteiger partial charge in [-0.15, -0.1) is 0 Å². The van der Waals surface area contributed by atoms with Crippen LogP contribution < -0.4 is 15.4 Å². The fourth-order valence-electron chi connectivity index (χ4n) is 3.83. The summed E-state index contributed by atoms with van der Waals surface area (Å²) in [5.41, 5.74) is 2.32. The Kier molecular flexibility index (Phi) is 8.36. The molecule has 0 aliphatic carbocycles. The maximum atomic E-state index is 13.6. The molecule has 3 N–H and O–H groups in total. The molecule has 4 rings (SSSR count). The van der Waals surface area contributed by atoms with Crippen LogP contribution in [0.1, 0.15) is 12.8 Å². The smallest absolute Gasteiger partial charge is 0.407 e. The Morgan fingerprint density at radius 1 is 1.19 bits per heavy atom. The molecule has 12 heteroatoms. The third kappa shape index (κ3) is 6.63. The molecule has 37 heavy (non-hydrogen) atoms. The van der Waals surface area contributed by atoms with Crippen LogP contribution in [0, 0.1) is 5.82 Å². The molecule has 2 amide bonds. The summed E-state index contributed by atoms with van der Waals surface area (Å²) in [6, 6.07) is 7.59. The molecule has 2 heterocycles. The third-order valence-corrected chi connectivity index (χ3v) is 6.02. The highest BCUT2D eigenvalue weighted by molar-refractivity contribution is 6.31. The summed E-state index contributed by atoms with van der Waals surface area (Å²) >= 11 is 5.91. The predicted octanol–water partition coefficient (Wildman–Crippen LogP) is 4.83. The molecule has 2 aromatic carbocycles. The van der Waals surface area contributed by atoms with Crippen LogP contribution in [0.3, 0.4) is 0 Å². The van der Waals surface area contributed by atoms with Gasteiger partial charge in [0.1, 0.15) is 30.3 Å². The van der Waals surface area contributed by atoms with Gasteiger partial charge < -0.3 is 30.1 Å². The van der Waals surface area contributed by atoms with E-state index in [0.29, 0.717) is 66.4 Å². The lowest BCUT2D eigenvalue weighted by Crippen LogP contribution is -2.35. The Morgan fingerprint density at radius 2 is 1.97 bits per heavy atom. The van der Waals surface area contributed by atoms with Gasteiger partial charge in [0.05, 0.1) is 22.8 Å². The van der Waals surface area contributed by atoms with E-state index in [9.17, 15) is 14.0 Å². The minimum absolute atomic E-state index is 0.0348. The van der Waals surface area contributed by atoms with E-state index < -0.39 is 11.9 Å². The van der Waals surface area contributed by atoms with Crippen molar-refractivity contribution >= 4 is 51.7 Å². The van der Waals surface area contributed by atoms with Gasteiger partial charge in [-0.1, -0.05) is 17.2 Å². The number of amides is 2. The van der Waals surface area contributed by atoms with Crippen molar-refractivity contribution in [2.24, 2.45) is 0 Å². The number of halogens is 2. The van der Waals surface area contributed by atoms with E-state index in [4.69, 9.17) is 26.2 Å². The first kappa shape index (κ1) is 26.1. The highest BCUT2D eigenvalue weighted by atomic mass is 35.5. The topological polar surface area (TPSA) is 126 Å². The lowest BCUT2D eigenvalue weighted by Gasteiger charge is -2.25. The van der Waals surface area contributed by atoms with E-state index in [1.165, 1.54) is 35.5 Å². The summed E-state index contributed by atoms with van der Waals surface area (Å²) in [6.45, 7) is 1.28. The zero-order valence-corrected chi connectivity index (χ0v) is 20.7. The van der Waals surface area contributed by atoms with Crippen molar-refractivity contribution in [3.05, 3.63) is 59.1 Å². The zero-order chi connectivity index (χ0) is 26.4. The lowest BCUT2D eigenvalue weighted by atomic mass is 10.0. The van der Waals surface area contributed by atoms with E-state index >= 15 is 0 Å². The van der Waals surface area contributed by atoms with Crippen LogP contribution in [0.25, 0.3) is 10.9 Å². The first-order valence-corrected chi connectivity index (χ1v) is 11.8. The second-order valence-electron chi connectivity index (χ2n) is 8.24. The number of carbonyl (C=O) groups is 2. The second-order valence-corrected chi connectivity index (χ2v) is 8.65. The maximum Gasteiger partial charge on any atom is 0.407 e. The number of carboxylic acid groups (broad SMARTS) is 1. The second kappa shape index (κ2) is 11.8. The van der Waals surface area contributed by atoms with E-state index in [1.807, 2.05) is 0 Å². The number of piperidine rings is 1. The van der Waals surface area contributed by atoms with Crippen LogP contribution >= 0.6 is 11.6 Å². The van der Waals surface area contributed by atoms with Gasteiger partial charge in [-0.3, -0.25) is 4.79 Å². The minimum atomic E-state index is -0.966. The fourth-order valence-corrected chi connectivity index (χ4v) is 4.01. The molecule has 0 radical (unpaired) electrons. The maximum absolute atomic E-state index is 13.6. The number of anilines is 3. The molecule has 3 aromatic rings. The number of likely N-dealkylation sites (tertiary alicyclic amines) is 1. The van der Waals surface area contributed by atoms with E-state index in [0.717, 1.165) is 5.57 Å². The number of fused-ring (bicyclic) bond motifs is 1. The van der Waals surface area contributed by atoms with Crippen LogP contribution in [0.15, 0.2) is 48.3 Å². The number of aromatic nitrogens is 2. The van der Waals surface area contributed by atoms with Gasteiger partial charge in [-0.25, -0.2) is 19.2 Å². The van der Waals surface area contributed by atoms with E-state index in [2.05, 4.69) is 20.6 Å². The minimum Gasteiger partial charge on any atom is -0.489 e. The van der Waals surface area contributed by atoms with Crippen LogP contribution in [0.2, 0.25) is 5.02 Å². The quantitative estimate of drug-likeness (QED) is 0.280. The van der Waals surface area contributed by atoms with Crippen LogP contribution in [-0.2, 0) is 9.53 Å². The van der Waals surface area contributed by atoms with Crippen molar-refractivity contribution in [1.29, 1.82) is 0 Å². The molecule has 1 aliphatic rings. The van der Waals surface area contributed by atoms with Crippen molar-refractivity contribution in [3.63, 3.8) is 0 Å². The number of nitrogens with one attached hydrogen (secondary N) is 2. The molecule has 194 valence electrons. The monoisotopic (exact) mass is 529 g/mol. The number of methoxy groups -OCH3 is 1. The predicted molar refractivity (Wildman–Crippen MR) is 137 cm³/mol. The highest BCUT2D eigenvalue weighted by Gasteiger charge is 2.19. The summed E-state index contributed by atoms with van der Waals surface area (Å²) in [4.78, 5) is 33.9. The number of benzene rings is 2.